The summed E-state index contributed by atoms with van der Waals surface area (Å²) in [6.07, 6.45) is 0. The molecule has 1 rings (SSSR count). The van der Waals surface area contributed by atoms with Crippen LogP contribution in [0.1, 0.15) is 17.3 Å². The van der Waals surface area contributed by atoms with E-state index in [0.29, 0.717) is 12.3 Å². The maximum absolute atomic E-state index is 11.9. The molecule has 0 fully saturated rings. The van der Waals surface area contributed by atoms with Crippen LogP contribution in [-0.4, -0.2) is 49.2 Å². The summed E-state index contributed by atoms with van der Waals surface area (Å²) in [4.78, 5) is 22.3. The first-order chi connectivity index (χ1) is 9.86. The van der Waals surface area contributed by atoms with E-state index in [0.717, 1.165) is 0 Å². The molecule has 0 saturated heterocycles. The van der Waals surface area contributed by atoms with Crippen molar-refractivity contribution in [1.82, 2.24) is 5.32 Å². The van der Waals surface area contributed by atoms with E-state index in [2.05, 4.69) is 5.32 Å². The zero-order valence-electron chi connectivity index (χ0n) is 11.5. The lowest BCUT2D eigenvalue weighted by Gasteiger charge is -2.06. The molecule has 0 unspecified atom stereocenters. The number of amides is 1. The van der Waals surface area contributed by atoms with Gasteiger partial charge in [0.25, 0.3) is 5.91 Å². The molecule has 0 aliphatic carbocycles. The highest BCUT2D eigenvalue weighted by Gasteiger charge is 2.14. The summed E-state index contributed by atoms with van der Waals surface area (Å²) in [5.74, 6) is -0.836. The predicted octanol–water partition coefficient (Wildman–Crippen LogP) is 1.03. The van der Waals surface area contributed by atoms with Crippen molar-refractivity contribution in [3.05, 3.63) is 29.8 Å². The van der Waals surface area contributed by atoms with Crippen LogP contribution >= 0.6 is 11.8 Å². The van der Waals surface area contributed by atoms with Gasteiger partial charge in [0.05, 0.1) is 16.4 Å². The number of hydrogen-bond acceptors (Lipinski definition) is 5. The summed E-state index contributed by atoms with van der Waals surface area (Å²) in [5.41, 5.74) is 0.271. The number of sulfone groups is 1. The van der Waals surface area contributed by atoms with Gasteiger partial charge in [-0.15, -0.1) is 11.8 Å². The molecule has 6 nitrogen and oxygen atoms in total. The number of thioether (sulfide) groups is 1. The molecule has 0 aromatic heterocycles. The maximum atomic E-state index is 11.9. The first-order valence-electron chi connectivity index (χ1n) is 6.27. The quantitative estimate of drug-likeness (QED) is 0.690. The SMILES string of the molecule is CCS(=O)(=O)c1cccc(C(=O)NCCSCC(=O)O)c1. The van der Waals surface area contributed by atoms with Gasteiger partial charge < -0.3 is 10.4 Å². The Labute approximate surface area is 127 Å². The Morgan fingerprint density at radius 1 is 1.33 bits per heavy atom. The Balaban J connectivity index is 2.59. The van der Waals surface area contributed by atoms with Crippen molar-refractivity contribution in [2.24, 2.45) is 0 Å². The topological polar surface area (TPSA) is 101 Å². The minimum atomic E-state index is -3.34. The Kier molecular flexibility index (Phi) is 6.70. The molecule has 1 aromatic carbocycles. The number of carbonyl (C=O) groups excluding carboxylic acids is 1. The number of nitrogens with one attached hydrogen (secondary N) is 1. The first-order valence-corrected chi connectivity index (χ1v) is 9.08. The van der Waals surface area contributed by atoms with Crippen LogP contribution in [0.25, 0.3) is 0 Å². The van der Waals surface area contributed by atoms with E-state index in [-0.39, 0.29) is 27.9 Å². The summed E-state index contributed by atoms with van der Waals surface area (Å²) < 4.78 is 23.5. The van der Waals surface area contributed by atoms with Crippen LogP contribution in [0.5, 0.6) is 0 Å². The van der Waals surface area contributed by atoms with Gasteiger partial charge in [0.2, 0.25) is 0 Å². The minimum Gasteiger partial charge on any atom is -0.481 e. The van der Waals surface area contributed by atoms with Crippen LogP contribution in [0.3, 0.4) is 0 Å². The van der Waals surface area contributed by atoms with Crippen molar-refractivity contribution >= 4 is 33.5 Å². The van der Waals surface area contributed by atoms with Crippen LogP contribution in [0, 0.1) is 0 Å². The molecule has 1 aromatic rings. The lowest BCUT2D eigenvalue weighted by molar-refractivity contribution is -0.133. The van der Waals surface area contributed by atoms with Crippen molar-refractivity contribution < 1.29 is 23.1 Å². The smallest absolute Gasteiger partial charge is 0.313 e. The van der Waals surface area contributed by atoms with Crippen molar-refractivity contribution in [3.8, 4) is 0 Å². The molecule has 0 heterocycles. The molecule has 1 amide bonds. The highest BCUT2D eigenvalue weighted by atomic mass is 32.2. The number of aliphatic carboxylic acids is 1. The second-order valence-corrected chi connectivity index (χ2v) is 7.52. The largest absolute Gasteiger partial charge is 0.481 e. The highest BCUT2D eigenvalue weighted by Crippen LogP contribution is 2.13. The standard InChI is InChI=1S/C13H17NO5S2/c1-2-21(18,19)11-5-3-4-10(8-11)13(17)14-6-7-20-9-12(15)16/h3-5,8H,2,6-7,9H2,1H3,(H,14,17)(H,15,16). The summed E-state index contributed by atoms with van der Waals surface area (Å²) in [6, 6.07) is 5.86. The lowest BCUT2D eigenvalue weighted by Crippen LogP contribution is -2.26. The minimum absolute atomic E-state index is 0.0138. The maximum Gasteiger partial charge on any atom is 0.313 e. The van der Waals surface area contributed by atoms with Crippen molar-refractivity contribution in [1.29, 1.82) is 0 Å². The second kappa shape index (κ2) is 8.04. The third-order valence-electron chi connectivity index (χ3n) is 2.59. The number of hydrogen-bond donors (Lipinski definition) is 2. The Hall–Kier alpha value is -1.54. The number of rotatable bonds is 8. The zero-order chi connectivity index (χ0) is 15.9. The molecule has 0 radical (unpaired) electrons. The third kappa shape index (κ3) is 5.76. The van der Waals surface area contributed by atoms with Crippen molar-refractivity contribution in [3.63, 3.8) is 0 Å². The Morgan fingerprint density at radius 2 is 2.05 bits per heavy atom. The average Bonchev–Trinajstić information content (AvgIpc) is 2.46. The average molecular weight is 331 g/mol. The summed E-state index contributed by atoms with van der Waals surface area (Å²) in [7, 11) is -3.34. The van der Waals surface area contributed by atoms with Gasteiger partial charge in [0, 0.05) is 17.9 Å². The Bertz CT molecular complexity index is 613. The van der Waals surface area contributed by atoms with E-state index >= 15 is 0 Å². The number of carboxylic acids is 1. The van der Waals surface area contributed by atoms with Crippen molar-refractivity contribution in [2.45, 2.75) is 11.8 Å². The monoisotopic (exact) mass is 331 g/mol. The van der Waals surface area contributed by atoms with Crippen LogP contribution in [0.2, 0.25) is 0 Å². The number of benzene rings is 1. The molecule has 21 heavy (non-hydrogen) atoms. The summed E-state index contributed by atoms with van der Waals surface area (Å²) in [5, 5.41) is 11.1. The van der Waals surface area contributed by atoms with Gasteiger partial charge >= 0.3 is 5.97 Å². The van der Waals surface area contributed by atoms with Crippen LogP contribution in [0.15, 0.2) is 29.2 Å². The van der Waals surface area contributed by atoms with Gasteiger partial charge in [-0.05, 0) is 18.2 Å². The zero-order valence-corrected chi connectivity index (χ0v) is 13.2. The normalized spacial score (nSPS) is 11.1. The molecular weight excluding hydrogens is 314 g/mol. The van der Waals surface area contributed by atoms with Gasteiger partial charge in [-0.25, -0.2) is 8.42 Å². The van der Waals surface area contributed by atoms with Crippen LogP contribution in [-0.2, 0) is 14.6 Å². The molecule has 0 atom stereocenters. The number of carboxylic acid groups (broad SMARTS) is 1. The van der Waals surface area contributed by atoms with E-state index in [1.165, 1.54) is 36.0 Å². The lowest BCUT2D eigenvalue weighted by atomic mass is 10.2. The molecule has 0 aliphatic heterocycles. The van der Waals surface area contributed by atoms with E-state index in [9.17, 15) is 18.0 Å². The Morgan fingerprint density at radius 3 is 2.67 bits per heavy atom. The van der Waals surface area contributed by atoms with Crippen molar-refractivity contribution in [2.75, 3.05) is 23.8 Å². The van der Waals surface area contributed by atoms with Crippen LogP contribution < -0.4 is 5.32 Å². The molecule has 0 aliphatic rings. The highest BCUT2D eigenvalue weighted by molar-refractivity contribution is 7.99. The molecular formula is C13H17NO5S2. The molecule has 0 saturated carbocycles. The first kappa shape index (κ1) is 17.5. The van der Waals surface area contributed by atoms with Crippen LogP contribution in [0.4, 0.5) is 0 Å². The molecule has 0 spiro atoms. The fourth-order valence-corrected chi connectivity index (χ4v) is 2.99. The number of carbonyl (C=O) groups is 2. The van der Waals surface area contributed by atoms with E-state index in [4.69, 9.17) is 5.11 Å². The van der Waals surface area contributed by atoms with E-state index in [1.54, 1.807) is 6.92 Å². The fraction of sp³-hybridized carbons (Fsp3) is 0.385. The summed E-state index contributed by atoms with van der Waals surface area (Å²) in [6.45, 7) is 1.86. The summed E-state index contributed by atoms with van der Waals surface area (Å²) >= 11 is 1.20. The predicted molar refractivity (Wildman–Crippen MR) is 81.5 cm³/mol. The van der Waals surface area contributed by atoms with Gasteiger partial charge in [-0.3, -0.25) is 9.59 Å². The molecule has 2 N–H and O–H groups in total. The second-order valence-electron chi connectivity index (χ2n) is 4.13. The van der Waals surface area contributed by atoms with Gasteiger partial charge in [-0.1, -0.05) is 13.0 Å². The molecule has 8 heteroatoms. The van der Waals surface area contributed by atoms with E-state index in [1.807, 2.05) is 0 Å². The molecule has 0 bridgehead atoms. The third-order valence-corrected chi connectivity index (χ3v) is 5.27. The van der Waals surface area contributed by atoms with Gasteiger partial charge in [0.1, 0.15) is 0 Å². The van der Waals surface area contributed by atoms with E-state index < -0.39 is 15.8 Å². The fourth-order valence-electron chi connectivity index (χ4n) is 1.50. The van der Waals surface area contributed by atoms with Gasteiger partial charge in [-0.2, -0.15) is 0 Å². The van der Waals surface area contributed by atoms with Gasteiger partial charge in [0.15, 0.2) is 9.84 Å². The molecule has 116 valence electrons.